The van der Waals surface area contributed by atoms with Crippen LogP contribution in [0.4, 0.5) is 4.39 Å². The molecular weight excluding hydrogens is 289 g/mol. The van der Waals surface area contributed by atoms with Crippen molar-refractivity contribution >= 4 is 15.9 Å². The molecule has 0 fully saturated rings. The van der Waals surface area contributed by atoms with E-state index in [4.69, 9.17) is 4.52 Å². The van der Waals surface area contributed by atoms with Gasteiger partial charge in [0.25, 0.3) is 5.89 Å². The summed E-state index contributed by atoms with van der Waals surface area (Å²) in [7, 11) is 1.85. The fraction of sp³-hybridized carbons (Fsp3) is 0.273. The summed E-state index contributed by atoms with van der Waals surface area (Å²) < 4.78 is 18.8. The van der Waals surface area contributed by atoms with E-state index in [1.54, 1.807) is 12.1 Å². The first kappa shape index (κ1) is 12.2. The molecule has 0 radical (unpaired) electrons. The second-order valence-electron chi connectivity index (χ2n) is 3.50. The normalized spacial score (nSPS) is 10.8. The topological polar surface area (TPSA) is 51.0 Å². The zero-order valence-electron chi connectivity index (χ0n) is 9.20. The SMILES string of the molecule is CNCCc1noc(-c2ccc(Br)c(F)c2)n1. The second kappa shape index (κ2) is 5.37. The fourth-order valence-corrected chi connectivity index (χ4v) is 1.59. The Morgan fingerprint density at radius 2 is 2.29 bits per heavy atom. The van der Waals surface area contributed by atoms with Crippen molar-refractivity contribution in [3.63, 3.8) is 0 Å². The number of hydrogen-bond donors (Lipinski definition) is 1. The zero-order chi connectivity index (χ0) is 12.3. The van der Waals surface area contributed by atoms with Crippen molar-refractivity contribution in [3.05, 3.63) is 34.3 Å². The third kappa shape index (κ3) is 2.89. The molecule has 2 aromatic rings. The molecule has 0 spiro atoms. The molecule has 0 atom stereocenters. The Balaban J connectivity index is 2.21. The van der Waals surface area contributed by atoms with E-state index in [9.17, 15) is 4.39 Å². The molecule has 0 bridgehead atoms. The van der Waals surface area contributed by atoms with E-state index in [2.05, 4.69) is 31.4 Å². The molecule has 90 valence electrons. The van der Waals surface area contributed by atoms with Crippen LogP contribution in [-0.2, 0) is 6.42 Å². The molecule has 0 aliphatic rings. The highest BCUT2D eigenvalue weighted by atomic mass is 79.9. The highest BCUT2D eigenvalue weighted by Crippen LogP contribution is 2.23. The number of halogens is 2. The summed E-state index contributed by atoms with van der Waals surface area (Å²) in [5, 5.41) is 6.82. The first-order chi connectivity index (χ1) is 8.20. The van der Waals surface area contributed by atoms with Crippen LogP contribution in [0.1, 0.15) is 5.82 Å². The van der Waals surface area contributed by atoms with Crippen LogP contribution in [0.2, 0.25) is 0 Å². The summed E-state index contributed by atoms with van der Waals surface area (Å²) in [5.41, 5.74) is 0.578. The lowest BCUT2D eigenvalue weighted by atomic mass is 10.2. The van der Waals surface area contributed by atoms with Crippen LogP contribution < -0.4 is 5.32 Å². The smallest absolute Gasteiger partial charge is 0.258 e. The van der Waals surface area contributed by atoms with Crippen LogP contribution in [0.25, 0.3) is 11.5 Å². The fourth-order valence-electron chi connectivity index (χ4n) is 1.34. The standard InChI is InChI=1S/C11H11BrFN3O/c1-14-5-4-10-15-11(17-16-10)7-2-3-8(12)9(13)6-7/h2-3,6,14H,4-5H2,1H3. The van der Waals surface area contributed by atoms with Crippen LogP contribution >= 0.6 is 15.9 Å². The largest absolute Gasteiger partial charge is 0.334 e. The van der Waals surface area contributed by atoms with Gasteiger partial charge in [-0.1, -0.05) is 5.16 Å². The van der Waals surface area contributed by atoms with Gasteiger partial charge in [-0.2, -0.15) is 4.98 Å². The first-order valence-electron chi connectivity index (χ1n) is 5.13. The number of likely N-dealkylation sites (N-methyl/N-ethyl adjacent to an activating group) is 1. The number of nitrogens with zero attached hydrogens (tertiary/aromatic N) is 2. The molecule has 0 amide bonds. The minimum Gasteiger partial charge on any atom is -0.334 e. The Hall–Kier alpha value is -1.27. The Morgan fingerprint density at radius 1 is 1.47 bits per heavy atom. The zero-order valence-corrected chi connectivity index (χ0v) is 10.8. The van der Waals surface area contributed by atoms with Gasteiger partial charge in [-0.15, -0.1) is 0 Å². The summed E-state index contributed by atoms with van der Waals surface area (Å²) in [5.74, 6) is 0.595. The molecule has 1 aromatic carbocycles. The van der Waals surface area contributed by atoms with Crippen LogP contribution in [0, 0.1) is 5.82 Å². The van der Waals surface area contributed by atoms with Crippen molar-refractivity contribution in [1.29, 1.82) is 0 Å². The van der Waals surface area contributed by atoms with Gasteiger partial charge < -0.3 is 9.84 Å². The lowest BCUT2D eigenvalue weighted by Crippen LogP contribution is -2.10. The summed E-state index contributed by atoms with van der Waals surface area (Å²) in [4.78, 5) is 4.19. The van der Waals surface area contributed by atoms with Crippen molar-refractivity contribution in [3.8, 4) is 11.5 Å². The summed E-state index contributed by atoms with van der Waals surface area (Å²) in [6.07, 6.45) is 0.680. The van der Waals surface area contributed by atoms with Crippen LogP contribution in [0.3, 0.4) is 0 Å². The molecule has 2 rings (SSSR count). The lowest BCUT2D eigenvalue weighted by Gasteiger charge is -1.96. The molecule has 17 heavy (non-hydrogen) atoms. The second-order valence-corrected chi connectivity index (χ2v) is 4.35. The molecule has 0 aliphatic carbocycles. The van der Waals surface area contributed by atoms with Gasteiger partial charge in [-0.05, 0) is 41.2 Å². The summed E-state index contributed by atoms with van der Waals surface area (Å²) in [6.45, 7) is 0.772. The highest BCUT2D eigenvalue weighted by Gasteiger charge is 2.10. The Morgan fingerprint density at radius 3 is 3.00 bits per heavy atom. The first-order valence-corrected chi connectivity index (χ1v) is 5.92. The van der Waals surface area contributed by atoms with Gasteiger partial charge >= 0.3 is 0 Å². The van der Waals surface area contributed by atoms with Crippen LogP contribution in [-0.4, -0.2) is 23.7 Å². The molecule has 4 nitrogen and oxygen atoms in total. The average Bonchev–Trinajstić information content (AvgIpc) is 2.79. The van der Waals surface area contributed by atoms with Crippen molar-refractivity contribution in [2.75, 3.05) is 13.6 Å². The minimum absolute atomic E-state index is 0.336. The molecule has 0 saturated carbocycles. The maximum Gasteiger partial charge on any atom is 0.258 e. The minimum atomic E-state index is -0.350. The molecule has 1 aromatic heterocycles. The molecule has 6 heteroatoms. The number of aromatic nitrogens is 2. The maximum atomic E-state index is 13.3. The third-order valence-electron chi connectivity index (χ3n) is 2.23. The van der Waals surface area contributed by atoms with E-state index < -0.39 is 0 Å². The third-order valence-corrected chi connectivity index (χ3v) is 2.88. The van der Waals surface area contributed by atoms with Gasteiger partial charge in [-0.3, -0.25) is 0 Å². The highest BCUT2D eigenvalue weighted by molar-refractivity contribution is 9.10. The van der Waals surface area contributed by atoms with E-state index in [-0.39, 0.29) is 5.82 Å². The van der Waals surface area contributed by atoms with E-state index in [0.717, 1.165) is 6.54 Å². The van der Waals surface area contributed by atoms with Crippen LogP contribution in [0.5, 0.6) is 0 Å². The number of hydrogen-bond acceptors (Lipinski definition) is 4. The molecule has 0 aliphatic heterocycles. The summed E-state index contributed by atoms with van der Waals surface area (Å²) >= 11 is 3.09. The van der Waals surface area contributed by atoms with Gasteiger partial charge in [0, 0.05) is 18.5 Å². The lowest BCUT2D eigenvalue weighted by molar-refractivity contribution is 0.421. The number of benzene rings is 1. The monoisotopic (exact) mass is 299 g/mol. The van der Waals surface area contributed by atoms with Gasteiger partial charge in [0.1, 0.15) is 5.82 Å². The Bertz CT molecular complexity index is 515. The quantitative estimate of drug-likeness (QED) is 0.942. The van der Waals surface area contributed by atoms with Crippen molar-refractivity contribution in [2.24, 2.45) is 0 Å². The van der Waals surface area contributed by atoms with Crippen molar-refractivity contribution in [2.45, 2.75) is 6.42 Å². The average molecular weight is 300 g/mol. The molecule has 1 heterocycles. The van der Waals surface area contributed by atoms with Crippen molar-refractivity contribution < 1.29 is 8.91 Å². The number of nitrogens with one attached hydrogen (secondary N) is 1. The van der Waals surface area contributed by atoms with Crippen molar-refractivity contribution in [1.82, 2.24) is 15.5 Å². The molecule has 0 unspecified atom stereocenters. The Labute approximate surface area is 106 Å². The molecule has 0 saturated heterocycles. The number of rotatable bonds is 4. The van der Waals surface area contributed by atoms with Gasteiger partial charge in [-0.25, -0.2) is 4.39 Å². The predicted octanol–water partition coefficient (Wildman–Crippen LogP) is 2.40. The van der Waals surface area contributed by atoms with E-state index in [0.29, 0.717) is 28.2 Å². The van der Waals surface area contributed by atoms with E-state index in [1.165, 1.54) is 6.07 Å². The predicted molar refractivity (Wildman–Crippen MR) is 65.0 cm³/mol. The van der Waals surface area contributed by atoms with Crippen LogP contribution in [0.15, 0.2) is 27.2 Å². The summed E-state index contributed by atoms with van der Waals surface area (Å²) in [6, 6.07) is 4.70. The van der Waals surface area contributed by atoms with Gasteiger partial charge in [0.15, 0.2) is 5.82 Å². The van der Waals surface area contributed by atoms with E-state index in [1.807, 2.05) is 7.05 Å². The van der Waals surface area contributed by atoms with Gasteiger partial charge in [0.2, 0.25) is 0 Å². The van der Waals surface area contributed by atoms with Gasteiger partial charge in [0.05, 0.1) is 4.47 Å². The molecule has 1 N–H and O–H groups in total. The molecular formula is C11H11BrFN3O. The Kier molecular flexibility index (Phi) is 3.86. The van der Waals surface area contributed by atoms with E-state index >= 15 is 0 Å². The maximum absolute atomic E-state index is 13.3.